The molecule has 28 heavy (non-hydrogen) atoms. The second kappa shape index (κ2) is 10.6. The number of hydrogen-bond donors (Lipinski definition) is 3. The topological polar surface area (TPSA) is 96.9 Å². The maximum Gasteiger partial charge on any atom is 0.405 e. The fourth-order valence-electron chi connectivity index (χ4n) is 3.15. The van der Waals surface area contributed by atoms with Gasteiger partial charge in [0.2, 0.25) is 5.91 Å². The van der Waals surface area contributed by atoms with Crippen molar-refractivity contribution in [2.24, 2.45) is 0 Å². The number of methoxy groups -OCH3 is 2. The molecule has 0 aliphatic carbocycles. The van der Waals surface area contributed by atoms with Gasteiger partial charge in [0.05, 0.1) is 14.2 Å². The number of rotatable bonds is 9. The van der Waals surface area contributed by atoms with E-state index in [4.69, 9.17) is 14.6 Å². The molecule has 0 heterocycles. The van der Waals surface area contributed by atoms with E-state index < -0.39 is 12.1 Å². The summed E-state index contributed by atoms with van der Waals surface area (Å²) in [6.07, 6.45) is 3.50. The molecule has 0 saturated heterocycles. The first-order valence-corrected chi connectivity index (χ1v) is 9.32. The van der Waals surface area contributed by atoms with E-state index in [0.717, 1.165) is 33.8 Å². The lowest BCUT2D eigenvalue weighted by molar-refractivity contribution is -0.123. The van der Waals surface area contributed by atoms with Gasteiger partial charge in [0.1, 0.15) is 17.5 Å². The quantitative estimate of drug-likeness (QED) is 0.597. The van der Waals surface area contributed by atoms with Crippen LogP contribution in [0.25, 0.3) is 6.08 Å². The molecule has 0 aliphatic rings. The minimum atomic E-state index is -1.22. The molecule has 0 radical (unpaired) electrons. The Morgan fingerprint density at radius 3 is 2.07 bits per heavy atom. The predicted octanol–water partition coefficient (Wildman–Crippen LogP) is 3.58. The molecule has 1 aromatic carbocycles. The molecular formula is C21H32N2O5. The number of ether oxygens (including phenoxy) is 2. The van der Waals surface area contributed by atoms with Crippen LogP contribution in [0.5, 0.6) is 11.5 Å². The van der Waals surface area contributed by atoms with Gasteiger partial charge in [-0.25, -0.2) is 4.79 Å². The maximum atomic E-state index is 12.2. The summed E-state index contributed by atoms with van der Waals surface area (Å²) in [4.78, 5) is 23.2. The van der Waals surface area contributed by atoms with Crippen LogP contribution >= 0.6 is 0 Å². The highest BCUT2D eigenvalue weighted by molar-refractivity contribution is 5.85. The van der Waals surface area contributed by atoms with Gasteiger partial charge in [0, 0.05) is 17.2 Å². The minimum absolute atomic E-state index is 0.0592. The summed E-state index contributed by atoms with van der Waals surface area (Å²) in [6, 6.07) is -0.863. The van der Waals surface area contributed by atoms with Crippen molar-refractivity contribution in [1.82, 2.24) is 10.6 Å². The van der Waals surface area contributed by atoms with Crippen molar-refractivity contribution in [3.05, 3.63) is 28.3 Å². The number of hydrogen-bond acceptors (Lipinski definition) is 4. The highest BCUT2D eigenvalue weighted by Crippen LogP contribution is 2.38. The molecule has 156 valence electrons. The Bertz CT molecular complexity index is 741. The number of carboxylic acid groups (broad SMARTS) is 1. The normalized spacial score (nSPS) is 12.1. The summed E-state index contributed by atoms with van der Waals surface area (Å²) in [5.41, 5.74) is 3.92. The summed E-state index contributed by atoms with van der Waals surface area (Å²) in [6.45, 7) is 9.61. The van der Waals surface area contributed by atoms with Crippen molar-refractivity contribution >= 4 is 18.1 Å². The summed E-state index contributed by atoms with van der Waals surface area (Å²) < 4.78 is 11.1. The Balaban J connectivity index is 3.01. The lowest BCUT2D eigenvalue weighted by Gasteiger charge is -2.19. The van der Waals surface area contributed by atoms with E-state index in [9.17, 15) is 9.59 Å². The van der Waals surface area contributed by atoms with Gasteiger partial charge in [-0.2, -0.15) is 0 Å². The third kappa shape index (κ3) is 5.90. The fraction of sp³-hybridized carbons (Fsp3) is 0.524. The zero-order chi connectivity index (χ0) is 21.4. The first-order valence-electron chi connectivity index (χ1n) is 9.32. The summed E-state index contributed by atoms with van der Waals surface area (Å²) in [5, 5.41) is 14.0. The third-order valence-corrected chi connectivity index (χ3v) is 4.59. The van der Waals surface area contributed by atoms with Crippen LogP contribution in [-0.2, 0) is 4.79 Å². The molecule has 1 rings (SSSR count). The van der Waals surface area contributed by atoms with E-state index in [1.54, 1.807) is 14.2 Å². The smallest absolute Gasteiger partial charge is 0.405 e. The molecule has 2 amide bonds. The van der Waals surface area contributed by atoms with E-state index in [1.165, 1.54) is 0 Å². The largest absolute Gasteiger partial charge is 0.496 e. The van der Waals surface area contributed by atoms with Gasteiger partial charge in [0.15, 0.2) is 0 Å². The Hall–Kier alpha value is -2.70. The average molecular weight is 392 g/mol. The summed E-state index contributed by atoms with van der Waals surface area (Å²) in [7, 11) is 3.28. The van der Waals surface area contributed by atoms with Crippen LogP contribution in [-0.4, -0.2) is 43.4 Å². The van der Waals surface area contributed by atoms with Gasteiger partial charge >= 0.3 is 6.09 Å². The molecule has 1 unspecified atom stereocenters. The zero-order valence-corrected chi connectivity index (χ0v) is 17.8. The molecular weight excluding hydrogens is 360 g/mol. The highest BCUT2D eigenvalue weighted by Gasteiger charge is 2.20. The van der Waals surface area contributed by atoms with Crippen LogP contribution < -0.4 is 20.1 Å². The Labute approximate surface area is 167 Å². The molecule has 3 N–H and O–H groups in total. The highest BCUT2D eigenvalue weighted by atomic mass is 16.5. The van der Waals surface area contributed by atoms with Gasteiger partial charge < -0.3 is 25.2 Å². The SMILES string of the molecule is COc1c(C)c(C)c(OC)c(/C=C/CCC(NC(=O)O)C(=O)NC(C)C)c1C. The fourth-order valence-corrected chi connectivity index (χ4v) is 3.15. The average Bonchev–Trinajstić information content (AvgIpc) is 2.61. The van der Waals surface area contributed by atoms with Crippen LogP contribution in [0.1, 0.15) is 48.9 Å². The monoisotopic (exact) mass is 392 g/mol. The number of amides is 2. The van der Waals surface area contributed by atoms with E-state index in [-0.39, 0.29) is 11.9 Å². The van der Waals surface area contributed by atoms with E-state index in [1.807, 2.05) is 46.8 Å². The number of nitrogens with one attached hydrogen (secondary N) is 2. The van der Waals surface area contributed by atoms with Crippen LogP contribution in [0.4, 0.5) is 4.79 Å². The second-order valence-electron chi connectivity index (χ2n) is 7.00. The predicted molar refractivity (Wildman–Crippen MR) is 110 cm³/mol. The van der Waals surface area contributed by atoms with Crippen LogP contribution in [0.15, 0.2) is 6.08 Å². The molecule has 0 aromatic heterocycles. The molecule has 0 aliphatic heterocycles. The first kappa shape index (κ1) is 23.3. The number of carbonyl (C=O) groups is 2. The first-order chi connectivity index (χ1) is 13.1. The Kier molecular flexibility index (Phi) is 8.82. The molecule has 1 atom stereocenters. The maximum absolute atomic E-state index is 12.2. The van der Waals surface area contributed by atoms with E-state index in [0.29, 0.717) is 12.8 Å². The van der Waals surface area contributed by atoms with E-state index in [2.05, 4.69) is 10.6 Å². The molecule has 0 saturated carbocycles. The molecule has 7 nitrogen and oxygen atoms in total. The van der Waals surface area contributed by atoms with Crippen LogP contribution in [0, 0.1) is 20.8 Å². The molecule has 1 aromatic rings. The van der Waals surface area contributed by atoms with Crippen molar-refractivity contribution in [2.45, 2.75) is 59.5 Å². The number of allylic oxidation sites excluding steroid dienone is 1. The van der Waals surface area contributed by atoms with Crippen LogP contribution in [0.3, 0.4) is 0 Å². The van der Waals surface area contributed by atoms with Gasteiger partial charge in [-0.3, -0.25) is 4.79 Å². The number of benzene rings is 1. The lowest BCUT2D eigenvalue weighted by atomic mass is 9.96. The van der Waals surface area contributed by atoms with Crippen molar-refractivity contribution in [3.8, 4) is 11.5 Å². The van der Waals surface area contributed by atoms with Crippen molar-refractivity contribution in [2.75, 3.05) is 14.2 Å². The third-order valence-electron chi connectivity index (χ3n) is 4.59. The standard InChI is InChI=1S/C21H32N2O5/c1-12(2)22-20(24)17(23-21(25)26)11-9-8-10-16-15(5)18(27-6)13(3)14(4)19(16)28-7/h8,10,12,17,23H,9,11H2,1-7H3,(H,22,24)(H,25,26)/b10-8+. The van der Waals surface area contributed by atoms with Gasteiger partial charge in [-0.15, -0.1) is 0 Å². The van der Waals surface area contributed by atoms with Crippen molar-refractivity contribution in [1.29, 1.82) is 0 Å². The number of carbonyl (C=O) groups excluding carboxylic acids is 1. The Morgan fingerprint density at radius 2 is 1.57 bits per heavy atom. The molecule has 0 fully saturated rings. The lowest BCUT2D eigenvalue weighted by Crippen LogP contribution is -2.48. The van der Waals surface area contributed by atoms with Crippen molar-refractivity contribution in [3.63, 3.8) is 0 Å². The van der Waals surface area contributed by atoms with Crippen LogP contribution in [0.2, 0.25) is 0 Å². The zero-order valence-electron chi connectivity index (χ0n) is 17.8. The molecule has 0 spiro atoms. The van der Waals surface area contributed by atoms with Gasteiger partial charge in [-0.1, -0.05) is 12.2 Å². The molecule has 0 bridgehead atoms. The summed E-state index contributed by atoms with van der Waals surface area (Å²) >= 11 is 0. The molecule has 7 heteroatoms. The summed E-state index contributed by atoms with van der Waals surface area (Å²) in [5.74, 6) is 1.27. The van der Waals surface area contributed by atoms with E-state index >= 15 is 0 Å². The van der Waals surface area contributed by atoms with Gasteiger partial charge in [0.25, 0.3) is 0 Å². The minimum Gasteiger partial charge on any atom is -0.496 e. The second-order valence-corrected chi connectivity index (χ2v) is 7.00. The van der Waals surface area contributed by atoms with Crippen molar-refractivity contribution < 1.29 is 24.2 Å². The Morgan fingerprint density at radius 1 is 1.00 bits per heavy atom. The van der Waals surface area contributed by atoms with Gasteiger partial charge in [-0.05, 0) is 58.6 Å².